The molecule has 0 radical (unpaired) electrons. The van der Waals surface area contributed by atoms with Crippen LogP contribution in [0, 0.1) is 6.92 Å². The van der Waals surface area contributed by atoms with Crippen molar-refractivity contribution in [1.82, 2.24) is 9.78 Å². The second-order valence-corrected chi connectivity index (χ2v) is 6.53. The van der Waals surface area contributed by atoms with Gasteiger partial charge in [-0.05, 0) is 46.1 Å². The van der Waals surface area contributed by atoms with Crippen LogP contribution in [-0.2, 0) is 11.3 Å². The van der Waals surface area contributed by atoms with E-state index in [1.54, 1.807) is 19.1 Å². The predicted molar refractivity (Wildman–Crippen MR) is 100 cm³/mol. The van der Waals surface area contributed by atoms with Crippen LogP contribution in [0.25, 0.3) is 11.1 Å². The van der Waals surface area contributed by atoms with Crippen molar-refractivity contribution >= 4 is 27.5 Å². The highest BCUT2D eigenvalue weighted by Gasteiger charge is 2.21. The molecule has 0 spiro atoms. The summed E-state index contributed by atoms with van der Waals surface area (Å²) in [5, 5.41) is 6.55. The number of hydrogen-bond donors (Lipinski definition) is 1. The van der Waals surface area contributed by atoms with E-state index in [-0.39, 0.29) is 22.6 Å². The molecule has 26 heavy (non-hydrogen) atoms. The Kier molecular flexibility index (Phi) is 5.46. The fourth-order valence-corrected chi connectivity index (χ4v) is 3.01. The molecule has 1 N–H and O–H groups in total. The topological polar surface area (TPSA) is 46.9 Å². The van der Waals surface area contributed by atoms with Gasteiger partial charge in [0, 0.05) is 5.69 Å². The Bertz CT molecular complexity index is 909. The van der Waals surface area contributed by atoms with Gasteiger partial charge in [0.15, 0.2) is 0 Å². The highest BCUT2D eigenvalue weighted by Crippen LogP contribution is 2.29. The minimum absolute atomic E-state index is 0.141. The Morgan fingerprint density at radius 2 is 1.73 bits per heavy atom. The molecule has 7 heteroatoms. The number of carbonyl (C=O) groups is 1. The van der Waals surface area contributed by atoms with Crippen LogP contribution in [0.1, 0.15) is 17.8 Å². The van der Waals surface area contributed by atoms with Crippen LogP contribution in [0.3, 0.4) is 0 Å². The normalized spacial score (nSPS) is 11.0. The molecular formula is C19H16BrF2N3O. The van der Waals surface area contributed by atoms with Gasteiger partial charge in [-0.2, -0.15) is 5.10 Å². The molecule has 0 bridgehead atoms. The van der Waals surface area contributed by atoms with Gasteiger partial charge in [-0.15, -0.1) is 0 Å². The zero-order valence-corrected chi connectivity index (χ0v) is 15.5. The van der Waals surface area contributed by atoms with Crippen molar-refractivity contribution < 1.29 is 13.6 Å². The lowest BCUT2D eigenvalue weighted by Crippen LogP contribution is -2.20. The Hall–Kier alpha value is -2.54. The van der Waals surface area contributed by atoms with E-state index in [1.807, 2.05) is 42.5 Å². The van der Waals surface area contributed by atoms with E-state index in [2.05, 4.69) is 26.3 Å². The smallest absolute Gasteiger partial charge is 0.283 e. The first kappa shape index (κ1) is 18.3. The summed E-state index contributed by atoms with van der Waals surface area (Å²) in [6.07, 6.45) is -2.70. The first-order chi connectivity index (χ1) is 12.5. The number of benzene rings is 2. The Balaban J connectivity index is 1.68. The van der Waals surface area contributed by atoms with Gasteiger partial charge in [-0.25, -0.2) is 8.78 Å². The van der Waals surface area contributed by atoms with Gasteiger partial charge in [0.2, 0.25) is 5.91 Å². The highest BCUT2D eigenvalue weighted by molar-refractivity contribution is 9.10. The number of alkyl halides is 2. The van der Waals surface area contributed by atoms with E-state index < -0.39 is 6.43 Å². The molecule has 0 atom stereocenters. The van der Waals surface area contributed by atoms with Crippen LogP contribution >= 0.6 is 15.9 Å². The molecule has 0 saturated heterocycles. The molecule has 0 aliphatic rings. The molecule has 0 fully saturated rings. The molecule has 0 aliphatic heterocycles. The molecule has 0 saturated carbocycles. The van der Waals surface area contributed by atoms with Crippen molar-refractivity contribution in [2.24, 2.45) is 0 Å². The second-order valence-electron chi connectivity index (χ2n) is 5.73. The number of nitrogens with one attached hydrogen (secondary N) is 1. The van der Waals surface area contributed by atoms with E-state index >= 15 is 0 Å². The maximum atomic E-state index is 12.9. The summed E-state index contributed by atoms with van der Waals surface area (Å²) in [5.74, 6) is -0.337. The van der Waals surface area contributed by atoms with Crippen molar-refractivity contribution in [1.29, 1.82) is 0 Å². The minimum atomic E-state index is -2.70. The molecule has 1 amide bonds. The molecule has 1 heterocycles. The fourth-order valence-electron chi connectivity index (χ4n) is 2.55. The van der Waals surface area contributed by atoms with E-state index in [1.165, 1.54) is 4.68 Å². The van der Waals surface area contributed by atoms with Crippen molar-refractivity contribution in [3.8, 4) is 11.1 Å². The fraction of sp³-hybridized carbons (Fsp3) is 0.158. The number of hydrogen-bond acceptors (Lipinski definition) is 2. The molecule has 3 aromatic rings. The number of anilines is 1. The van der Waals surface area contributed by atoms with Crippen LogP contribution in [-0.4, -0.2) is 15.7 Å². The van der Waals surface area contributed by atoms with Gasteiger partial charge in [0.25, 0.3) is 6.43 Å². The summed E-state index contributed by atoms with van der Waals surface area (Å²) in [4.78, 5) is 12.2. The van der Waals surface area contributed by atoms with Gasteiger partial charge in [-0.3, -0.25) is 9.48 Å². The van der Waals surface area contributed by atoms with Gasteiger partial charge >= 0.3 is 0 Å². The third-order valence-corrected chi connectivity index (χ3v) is 4.91. The van der Waals surface area contributed by atoms with Gasteiger partial charge in [0.1, 0.15) is 12.2 Å². The number of rotatable bonds is 5. The van der Waals surface area contributed by atoms with Gasteiger partial charge < -0.3 is 5.32 Å². The van der Waals surface area contributed by atoms with E-state index in [4.69, 9.17) is 0 Å². The lowest BCUT2D eigenvalue weighted by Gasteiger charge is -2.08. The maximum absolute atomic E-state index is 12.9. The van der Waals surface area contributed by atoms with E-state index in [0.29, 0.717) is 11.4 Å². The zero-order chi connectivity index (χ0) is 18.7. The monoisotopic (exact) mass is 419 g/mol. The van der Waals surface area contributed by atoms with E-state index in [0.717, 1.165) is 11.1 Å². The number of carbonyl (C=O) groups excluding carboxylic acids is 1. The molecule has 1 aromatic heterocycles. The molecule has 0 aliphatic carbocycles. The average molecular weight is 420 g/mol. The zero-order valence-electron chi connectivity index (χ0n) is 13.9. The number of nitrogens with zero attached hydrogens (tertiary/aromatic N) is 2. The summed E-state index contributed by atoms with van der Waals surface area (Å²) >= 11 is 3.09. The first-order valence-electron chi connectivity index (χ1n) is 7.92. The molecule has 3 rings (SSSR count). The molecule has 0 unspecified atom stereocenters. The maximum Gasteiger partial charge on any atom is 0.283 e. The Labute approximate surface area is 158 Å². The minimum Gasteiger partial charge on any atom is -0.324 e. The van der Waals surface area contributed by atoms with Crippen LogP contribution in [0.2, 0.25) is 0 Å². The summed E-state index contributed by atoms with van der Waals surface area (Å²) < 4.78 is 27.2. The van der Waals surface area contributed by atoms with Crippen LogP contribution in [0.15, 0.2) is 59.1 Å². The van der Waals surface area contributed by atoms with Crippen molar-refractivity contribution in [3.05, 3.63) is 70.5 Å². The third-order valence-electron chi connectivity index (χ3n) is 3.93. The number of aromatic nitrogens is 2. The molecule has 4 nitrogen and oxygen atoms in total. The molecule has 2 aromatic carbocycles. The van der Waals surface area contributed by atoms with E-state index in [9.17, 15) is 13.6 Å². The SMILES string of the molecule is Cc1c(Br)c(C(F)F)nn1CC(=O)Nc1ccc(-c2ccccc2)cc1. The highest BCUT2D eigenvalue weighted by atomic mass is 79.9. The lowest BCUT2D eigenvalue weighted by atomic mass is 10.1. The standard InChI is InChI=1S/C19H16BrF2N3O/c1-12-17(20)18(19(21)22)24-25(12)11-16(26)23-15-9-7-14(8-10-15)13-5-3-2-4-6-13/h2-10,19H,11H2,1H3,(H,23,26). The van der Waals surface area contributed by atoms with Gasteiger partial charge in [-0.1, -0.05) is 42.5 Å². The van der Waals surface area contributed by atoms with Gasteiger partial charge in [0.05, 0.1) is 10.2 Å². The number of amides is 1. The molecule has 134 valence electrons. The van der Waals surface area contributed by atoms with Crippen molar-refractivity contribution in [3.63, 3.8) is 0 Å². The summed E-state index contributed by atoms with van der Waals surface area (Å²) in [6, 6.07) is 17.3. The number of halogens is 3. The first-order valence-corrected chi connectivity index (χ1v) is 8.71. The van der Waals surface area contributed by atoms with Crippen LogP contribution in [0.4, 0.5) is 14.5 Å². The average Bonchev–Trinajstić information content (AvgIpc) is 2.91. The lowest BCUT2D eigenvalue weighted by molar-refractivity contribution is -0.117. The second kappa shape index (κ2) is 7.78. The van der Waals surface area contributed by atoms with Crippen molar-refractivity contribution in [2.75, 3.05) is 5.32 Å². The van der Waals surface area contributed by atoms with Crippen LogP contribution in [0.5, 0.6) is 0 Å². The Morgan fingerprint density at radius 3 is 2.31 bits per heavy atom. The van der Waals surface area contributed by atoms with Crippen molar-refractivity contribution in [2.45, 2.75) is 19.9 Å². The summed E-state index contributed by atoms with van der Waals surface area (Å²) in [5.41, 5.74) is 2.88. The third kappa shape index (κ3) is 3.99. The summed E-state index contributed by atoms with van der Waals surface area (Å²) in [7, 11) is 0. The summed E-state index contributed by atoms with van der Waals surface area (Å²) in [6.45, 7) is 1.49. The Morgan fingerprint density at radius 1 is 1.12 bits per heavy atom. The molecular weight excluding hydrogens is 404 g/mol. The largest absolute Gasteiger partial charge is 0.324 e. The quantitative estimate of drug-likeness (QED) is 0.617. The van der Waals surface area contributed by atoms with Crippen LogP contribution < -0.4 is 5.32 Å². The predicted octanol–water partition coefficient (Wildman–Crippen LogP) is 5.20.